The number of carbonyl (C=O) groups is 1. The van der Waals surface area contributed by atoms with E-state index in [1.165, 1.54) is 0 Å². The first-order valence-corrected chi connectivity index (χ1v) is 4.97. The molecule has 6 heteroatoms. The Morgan fingerprint density at radius 3 is 3.00 bits per heavy atom. The minimum absolute atomic E-state index is 0.122. The number of nitrogens with zero attached hydrogens (tertiary/aromatic N) is 2. The van der Waals surface area contributed by atoms with E-state index in [0.29, 0.717) is 5.82 Å². The van der Waals surface area contributed by atoms with E-state index >= 15 is 0 Å². The molecular formula is C9H14N4O2. The Hall–Kier alpha value is -1.43. The van der Waals surface area contributed by atoms with E-state index in [2.05, 4.69) is 20.8 Å². The summed E-state index contributed by atoms with van der Waals surface area (Å²) in [6.07, 6.45) is 1.83. The van der Waals surface area contributed by atoms with E-state index in [1.54, 1.807) is 6.92 Å². The average molecular weight is 210 g/mol. The van der Waals surface area contributed by atoms with Gasteiger partial charge in [0, 0.05) is 0 Å². The van der Waals surface area contributed by atoms with Crippen molar-refractivity contribution >= 4 is 11.9 Å². The number of nitrogens with one attached hydrogen (secondary N) is 2. The van der Waals surface area contributed by atoms with Crippen LogP contribution in [-0.4, -0.2) is 28.1 Å². The van der Waals surface area contributed by atoms with Crippen LogP contribution in [0.1, 0.15) is 25.6 Å². The van der Waals surface area contributed by atoms with Crippen molar-refractivity contribution in [3.8, 4) is 0 Å². The maximum absolute atomic E-state index is 11.8. The van der Waals surface area contributed by atoms with E-state index in [-0.39, 0.29) is 11.9 Å². The van der Waals surface area contributed by atoms with Gasteiger partial charge in [0.25, 0.3) is 0 Å². The predicted octanol–water partition coefficient (Wildman–Crippen LogP) is 0.459. The van der Waals surface area contributed by atoms with Gasteiger partial charge in [-0.25, -0.2) is 0 Å². The first-order valence-electron chi connectivity index (χ1n) is 4.97. The molecule has 1 aromatic heterocycles. The summed E-state index contributed by atoms with van der Waals surface area (Å²) in [6, 6.07) is 0.160. The maximum atomic E-state index is 11.8. The molecule has 0 bridgehead atoms. The molecule has 1 aliphatic rings. The van der Waals surface area contributed by atoms with Gasteiger partial charge in [0.2, 0.25) is 5.91 Å². The Morgan fingerprint density at radius 2 is 2.47 bits per heavy atom. The third-order valence-electron chi connectivity index (χ3n) is 2.62. The monoisotopic (exact) mass is 210 g/mol. The van der Waals surface area contributed by atoms with Crippen LogP contribution in [0.15, 0.2) is 4.52 Å². The number of hydrogen-bond donors (Lipinski definition) is 2. The Kier molecular flexibility index (Phi) is 2.44. The Balaban J connectivity index is 2.03. The van der Waals surface area contributed by atoms with Crippen molar-refractivity contribution in [2.75, 3.05) is 11.9 Å². The summed E-state index contributed by atoms with van der Waals surface area (Å²) in [6.45, 7) is 4.44. The van der Waals surface area contributed by atoms with Crippen LogP contribution in [0, 0.1) is 6.92 Å². The second kappa shape index (κ2) is 3.62. The molecule has 1 saturated heterocycles. The average Bonchev–Trinajstić information content (AvgIpc) is 2.76. The van der Waals surface area contributed by atoms with Crippen molar-refractivity contribution < 1.29 is 9.32 Å². The van der Waals surface area contributed by atoms with Crippen molar-refractivity contribution in [3.05, 3.63) is 5.82 Å². The standard InChI is InChI=1S/C9H14N4O2/c1-6-11-8(15-13-6)12-7(14)9(2)4-3-5-10-9/h10H,3-5H2,1-2H3,(H,11,12,13,14). The van der Waals surface area contributed by atoms with Gasteiger partial charge in [0.15, 0.2) is 5.82 Å². The van der Waals surface area contributed by atoms with Crippen LogP contribution < -0.4 is 10.6 Å². The number of hydrogen-bond acceptors (Lipinski definition) is 5. The quantitative estimate of drug-likeness (QED) is 0.741. The summed E-state index contributed by atoms with van der Waals surface area (Å²) in [4.78, 5) is 15.8. The molecule has 0 aromatic carbocycles. The third-order valence-corrected chi connectivity index (χ3v) is 2.62. The van der Waals surface area contributed by atoms with E-state index in [4.69, 9.17) is 4.52 Å². The molecule has 2 rings (SSSR count). The van der Waals surface area contributed by atoms with Gasteiger partial charge in [-0.15, -0.1) is 0 Å². The van der Waals surface area contributed by atoms with Crippen molar-refractivity contribution in [1.82, 2.24) is 15.5 Å². The van der Waals surface area contributed by atoms with Gasteiger partial charge < -0.3 is 9.84 Å². The van der Waals surface area contributed by atoms with E-state index < -0.39 is 5.54 Å². The zero-order chi connectivity index (χ0) is 10.9. The lowest BCUT2D eigenvalue weighted by Crippen LogP contribution is -2.48. The summed E-state index contributed by atoms with van der Waals surface area (Å²) in [7, 11) is 0. The number of aryl methyl sites for hydroxylation is 1. The van der Waals surface area contributed by atoms with Gasteiger partial charge in [0.1, 0.15) is 0 Å². The molecule has 1 amide bonds. The molecule has 1 aromatic rings. The predicted molar refractivity (Wildman–Crippen MR) is 53.3 cm³/mol. The van der Waals surface area contributed by atoms with Gasteiger partial charge in [-0.3, -0.25) is 10.1 Å². The van der Waals surface area contributed by atoms with Crippen molar-refractivity contribution in [2.45, 2.75) is 32.2 Å². The SMILES string of the molecule is Cc1noc(NC(=O)C2(C)CCCN2)n1. The fourth-order valence-corrected chi connectivity index (χ4v) is 1.67. The lowest BCUT2D eigenvalue weighted by Gasteiger charge is -2.21. The summed E-state index contributed by atoms with van der Waals surface area (Å²) >= 11 is 0. The maximum Gasteiger partial charge on any atom is 0.328 e. The topological polar surface area (TPSA) is 80.0 Å². The molecule has 2 heterocycles. The third kappa shape index (κ3) is 1.99. The molecule has 1 fully saturated rings. The zero-order valence-corrected chi connectivity index (χ0v) is 8.83. The lowest BCUT2D eigenvalue weighted by atomic mass is 10.00. The second-order valence-electron chi connectivity index (χ2n) is 3.96. The number of rotatable bonds is 2. The highest BCUT2D eigenvalue weighted by Crippen LogP contribution is 2.20. The smallest absolute Gasteiger partial charge is 0.315 e. The highest BCUT2D eigenvalue weighted by molar-refractivity contribution is 5.96. The Bertz CT molecular complexity index is 368. The molecule has 0 saturated carbocycles. The minimum atomic E-state index is -0.512. The lowest BCUT2D eigenvalue weighted by molar-refractivity contribution is -0.121. The number of aromatic nitrogens is 2. The normalized spacial score (nSPS) is 25.5. The minimum Gasteiger partial charge on any atom is -0.315 e. The number of anilines is 1. The van der Waals surface area contributed by atoms with Crippen LogP contribution in [0.25, 0.3) is 0 Å². The van der Waals surface area contributed by atoms with E-state index in [9.17, 15) is 4.79 Å². The van der Waals surface area contributed by atoms with Crippen molar-refractivity contribution in [3.63, 3.8) is 0 Å². The molecular weight excluding hydrogens is 196 g/mol. The molecule has 1 atom stereocenters. The highest BCUT2D eigenvalue weighted by atomic mass is 16.5. The van der Waals surface area contributed by atoms with Crippen molar-refractivity contribution in [2.24, 2.45) is 0 Å². The molecule has 0 aliphatic carbocycles. The van der Waals surface area contributed by atoms with E-state index in [0.717, 1.165) is 19.4 Å². The van der Waals surface area contributed by atoms with Crippen LogP contribution in [0.4, 0.5) is 6.01 Å². The van der Waals surface area contributed by atoms with Gasteiger partial charge in [-0.05, 0) is 33.2 Å². The Labute approximate surface area is 87.4 Å². The van der Waals surface area contributed by atoms with Gasteiger partial charge in [-0.2, -0.15) is 4.98 Å². The Morgan fingerprint density at radius 1 is 1.67 bits per heavy atom. The summed E-state index contributed by atoms with van der Waals surface area (Å²) in [5, 5.41) is 9.36. The van der Waals surface area contributed by atoms with E-state index in [1.807, 2.05) is 6.92 Å². The fourth-order valence-electron chi connectivity index (χ4n) is 1.67. The molecule has 1 aliphatic heterocycles. The molecule has 6 nitrogen and oxygen atoms in total. The first-order chi connectivity index (χ1) is 7.10. The van der Waals surface area contributed by atoms with Crippen LogP contribution in [0.3, 0.4) is 0 Å². The molecule has 2 N–H and O–H groups in total. The van der Waals surface area contributed by atoms with Crippen molar-refractivity contribution in [1.29, 1.82) is 0 Å². The molecule has 82 valence electrons. The van der Waals surface area contributed by atoms with Gasteiger partial charge in [0.05, 0.1) is 5.54 Å². The fraction of sp³-hybridized carbons (Fsp3) is 0.667. The molecule has 1 unspecified atom stereocenters. The summed E-state index contributed by atoms with van der Waals surface area (Å²) < 4.78 is 4.82. The van der Waals surface area contributed by atoms with Crippen LogP contribution in [0.2, 0.25) is 0 Å². The highest BCUT2D eigenvalue weighted by Gasteiger charge is 2.36. The van der Waals surface area contributed by atoms with Crippen LogP contribution in [-0.2, 0) is 4.79 Å². The van der Waals surface area contributed by atoms with Crippen LogP contribution in [0.5, 0.6) is 0 Å². The molecule has 0 radical (unpaired) electrons. The molecule has 0 spiro atoms. The number of amides is 1. The zero-order valence-electron chi connectivity index (χ0n) is 8.83. The molecule has 15 heavy (non-hydrogen) atoms. The van der Waals surface area contributed by atoms with Gasteiger partial charge in [-0.1, -0.05) is 5.16 Å². The largest absolute Gasteiger partial charge is 0.328 e. The van der Waals surface area contributed by atoms with Gasteiger partial charge >= 0.3 is 6.01 Å². The summed E-state index contributed by atoms with van der Waals surface area (Å²) in [5.41, 5.74) is -0.512. The first kappa shape index (κ1) is 10.1. The van der Waals surface area contributed by atoms with Crippen LogP contribution >= 0.6 is 0 Å². The number of carbonyl (C=O) groups excluding carboxylic acids is 1. The summed E-state index contributed by atoms with van der Waals surface area (Å²) in [5.74, 6) is 0.387. The second-order valence-corrected chi connectivity index (χ2v) is 3.96.